The largest absolute Gasteiger partial charge is 0.497 e. The first kappa shape index (κ1) is 19.6. The molecular weight excluding hydrogens is 338 g/mol. The Kier molecular flexibility index (Phi) is 6.43. The summed E-state index contributed by atoms with van der Waals surface area (Å²) in [7, 11) is 3.05. The highest BCUT2D eigenvalue weighted by Crippen LogP contribution is 2.35. The van der Waals surface area contributed by atoms with E-state index in [1.807, 2.05) is 13.8 Å². The van der Waals surface area contributed by atoms with Crippen molar-refractivity contribution in [1.29, 1.82) is 0 Å². The lowest BCUT2D eigenvalue weighted by Crippen LogP contribution is -2.42. The Morgan fingerprint density at radius 2 is 2.00 bits per heavy atom. The lowest BCUT2D eigenvalue weighted by atomic mass is 10.1. The molecule has 3 amide bonds. The predicted octanol–water partition coefficient (Wildman–Crippen LogP) is 0.698. The number of rotatable bonds is 7. The first-order valence-electron chi connectivity index (χ1n) is 8.45. The van der Waals surface area contributed by atoms with E-state index in [4.69, 9.17) is 9.47 Å². The van der Waals surface area contributed by atoms with E-state index in [9.17, 15) is 14.4 Å². The molecule has 1 aromatic rings. The SMILES string of the molecule is COc1ccc(OC)c(N2CC(C(=O)NCC(=O)NC(C)C)CC2=O)c1. The van der Waals surface area contributed by atoms with Crippen molar-refractivity contribution < 1.29 is 23.9 Å². The summed E-state index contributed by atoms with van der Waals surface area (Å²) in [5, 5.41) is 5.29. The summed E-state index contributed by atoms with van der Waals surface area (Å²) in [4.78, 5) is 37.9. The molecular formula is C18H25N3O5. The van der Waals surface area contributed by atoms with E-state index in [0.717, 1.165) is 0 Å². The van der Waals surface area contributed by atoms with Crippen molar-refractivity contribution >= 4 is 23.4 Å². The first-order valence-corrected chi connectivity index (χ1v) is 8.45. The van der Waals surface area contributed by atoms with Crippen molar-refractivity contribution in [2.75, 3.05) is 32.2 Å². The molecule has 1 unspecified atom stereocenters. The minimum Gasteiger partial charge on any atom is -0.497 e. The zero-order valence-corrected chi connectivity index (χ0v) is 15.5. The van der Waals surface area contributed by atoms with Gasteiger partial charge in [0, 0.05) is 25.1 Å². The monoisotopic (exact) mass is 363 g/mol. The maximum absolute atomic E-state index is 12.4. The highest BCUT2D eigenvalue weighted by atomic mass is 16.5. The van der Waals surface area contributed by atoms with Gasteiger partial charge in [0.25, 0.3) is 0 Å². The number of amides is 3. The third-order valence-electron chi connectivity index (χ3n) is 4.05. The summed E-state index contributed by atoms with van der Waals surface area (Å²) < 4.78 is 10.5. The quantitative estimate of drug-likeness (QED) is 0.743. The summed E-state index contributed by atoms with van der Waals surface area (Å²) in [5.41, 5.74) is 0.560. The van der Waals surface area contributed by atoms with Gasteiger partial charge in [-0.15, -0.1) is 0 Å². The van der Waals surface area contributed by atoms with E-state index in [2.05, 4.69) is 10.6 Å². The van der Waals surface area contributed by atoms with Gasteiger partial charge >= 0.3 is 0 Å². The van der Waals surface area contributed by atoms with Gasteiger partial charge in [0.1, 0.15) is 11.5 Å². The third kappa shape index (κ3) is 4.65. The second-order valence-corrected chi connectivity index (χ2v) is 6.38. The van der Waals surface area contributed by atoms with Crippen LogP contribution in [0.1, 0.15) is 20.3 Å². The lowest BCUT2D eigenvalue weighted by Gasteiger charge is -2.20. The Bertz CT molecular complexity index is 689. The summed E-state index contributed by atoms with van der Waals surface area (Å²) >= 11 is 0. The zero-order chi connectivity index (χ0) is 19.3. The maximum Gasteiger partial charge on any atom is 0.239 e. The Labute approximate surface area is 152 Å². The van der Waals surface area contributed by atoms with Gasteiger partial charge in [0.05, 0.1) is 32.4 Å². The molecule has 0 aromatic heterocycles. The lowest BCUT2D eigenvalue weighted by molar-refractivity contribution is -0.129. The Balaban J connectivity index is 2.04. The molecule has 8 nitrogen and oxygen atoms in total. The number of carbonyl (C=O) groups excluding carboxylic acids is 3. The van der Waals surface area contributed by atoms with Gasteiger partial charge in [-0.1, -0.05) is 0 Å². The van der Waals surface area contributed by atoms with E-state index >= 15 is 0 Å². The zero-order valence-electron chi connectivity index (χ0n) is 15.5. The van der Waals surface area contributed by atoms with Crippen LogP contribution in [-0.2, 0) is 14.4 Å². The Morgan fingerprint density at radius 1 is 1.27 bits per heavy atom. The minimum atomic E-state index is -0.523. The van der Waals surface area contributed by atoms with Gasteiger partial charge in [0.15, 0.2) is 0 Å². The average Bonchev–Trinajstić information content (AvgIpc) is 3.00. The molecule has 142 valence electrons. The van der Waals surface area contributed by atoms with E-state index in [-0.39, 0.29) is 43.3 Å². The molecule has 26 heavy (non-hydrogen) atoms. The molecule has 1 fully saturated rings. The van der Waals surface area contributed by atoms with Gasteiger partial charge in [-0.2, -0.15) is 0 Å². The van der Waals surface area contributed by atoms with Crippen LogP contribution in [-0.4, -0.2) is 51.1 Å². The number of ether oxygens (including phenoxy) is 2. The van der Waals surface area contributed by atoms with Crippen molar-refractivity contribution in [2.24, 2.45) is 5.92 Å². The van der Waals surface area contributed by atoms with Crippen LogP contribution in [0.25, 0.3) is 0 Å². The molecule has 0 radical (unpaired) electrons. The fourth-order valence-electron chi connectivity index (χ4n) is 2.81. The van der Waals surface area contributed by atoms with Crippen molar-refractivity contribution in [1.82, 2.24) is 10.6 Å². The average molecular weight is 363 g/mol. The second-order valence-electron chi connectivity index (χ2n) is 6.38. The summed E-state index contributed by atoms with van der Waals surface area (Å²) in [5.74, 6) is -0.164. The van der Waals surface area contributed by atoms with Crippen molar-refractivity contribution in [3.63, 3.8) is 0 Å². The van der Waals surface area contributed by atoms with Crippen LogP contribution in [0, 0.1) is 5.92 Å². The molecule has 1 aromatic carbocycles. The van der Waals surface area contributed by atoms with Crippen molar-refractivity contribution in [3.8, 4) is 11.5 Å². The molecule has 0 spiro atoms. The van der Waals surface area contributed by atoms with Gasteiger partial charge < -0.3 is 25.0 Å². The second kappa shape index (κ2) is 8.55. The fraction of sp³-hybridized carbons (Fsp3) is 0.500. The van der Waals surface area contributed by atoms with Crippen LogP contribution in [0.4, 0.5) is 5.69 Å². The van der Waals surface area contributed by atoms with Crippen LogP contribution >= 0.6 is 0 Å². The molecule has 1 heterocycles. The van der Waals surface area contributed by atoms with Gasteiger partial charge in [0.2, 0.25) is 17.7 Å². The topological polar surface area (TPSA) is 97.0 Å². The summed E-state index contributed by atoms with van der Waals surface area (Å²) in [6, 6.07) is 5.15. The molecule has 8 heteroatoms. The molecule has 0 bridgehead atoms. The van der Waals surface area contributed by atoms with E-state index in [1.165, 1.54) is 19.1 Å². The van der Waals surface area contributed by atoms with Gasteiger partial charge in [-0.25, -0.2) is 0 Å². The fourth-order valence-corrected chi connectivity index (χ4v) is 2.81. The number of hydrogen-bond acceptors (Lipinski definition) is 5. The molecule has 2 rings (SSSR count). The number of hydrogen-bond donors (Lipinski definition) is 2. The molecule has 2 N–H and O–H groups in total. The van der Waals surface area contributed by atoms with Crippen LogP contribution in [0.2, 0.25) is 0 Å². The number of benzene rings is 1. The van der Waals surface area contributed by atoms with Crippen LogP contribution in [0.5, 0.6) is 11.5 Å². The van der Waals surface area contributed by atoms with Crippen molar-refractivity contribution in [2.45, 2.75) is 26.3 Å². The number of anilines is 1. The minimum absolute atomic E-state index is 0.00322. The highest BCUT2D eigenvalue weighted by molar-refractivity contribution is 6.01. The van der Waals surface area contributed by atoms with E-state index in [0.29, 0.717) is 17.2 Å². The summed E-state index contributed by atoms with van der Waals surface area (Å²) in [6.45, 7) is 3.80. The number of carbonyl (C=O) groups is 3. The standard InChI is InChI=1S/C18H25N3O5/c1-11(2)20-16(22)9-19-18(24)12-7-17(23)21(10-12)14-8-13(25-3)5-6-15(14)26-4/h5-6,8,11-12H,7,9-10H2,1-4H3,(H,19,24)(H,20,22). The van der Waals surface area contributed by atoms with Crippen LogP contribution in [0.15, 0.2) is 18.2 Å². The number of nitrogens with one attached hydrogen (secondary N) is 2. The van der Waals surface area contributed by atoms with Crippen molar-refractivity contribution in [3.05, 3.63) is 18.2 Å². The molecule has 0 saturated carbocycles. The number of nitrogens with zero attached hydrogens (tertiary/aromatic N) is 1. The van der Waals surface area contributed by atoms with Gasteiger partial charge in [-0.05, 0) is 26.0 Å². The van der Waals surface area contributed by atoms with Crippen LogP contribution < -0.4 is 25.0 Å². The van der Waals surface area contributed by atoms with Crippen LogP contribution in [0.3, 0.4) is 0 Å². The Hall–Kier alpha value is -2.77. The molecule has 1 atom stereocenters. The third-order valence-corrected chi connectivity index (χ3v) is 4.05. The maximum atomic E-state index is 12.4. The molecule has 1 aliphatic heterocycles. The number of methoxy groups -OCH3 is 2. The van der Waals surface area contributed by atoms with E-state index < -0.39 is 5.92 Å². The molecule has 1 aliphatic rings. The van der Waals surface area contributed by atoms with Gasteiger partial charge in [-0.3, -0.25) is 14.4 Å². The Morgan fingerprint density at radius 3 is 2.62 bits per heavy atom. The molecule has 0 aliphatic carbocycles. The van der Waals surface area contributed by atoms with E-state index in [1.54, 1.807) is 18.2 Å². The smallest absolute Gasteiger partial charge is 0.239 e. The highest BCUT2D eigenvalue weighted by Gasteiger charge is 2.36. The summed E-state index contributed by atoms with van der Waals surface area (Å²) in [6.07, 6.45) is 0.0813. The molecule has 1 saturated heterocycles. The predicted molar refractivity (Wildman–Crippen MR) is 96.3 cm³/mol. The first-order chi connectivity index (χ1) is 12.3. The normalized spacial score (nSPS) is 16.6.